The van der Waals surface area contributed by atoms with E-state index in [0.29, 0.717) is 0 Å². The van der Waals surface area contributed by atoms with Crippen LogP contribution in [-0.4, -0.2) is 8.42 Å². The molecule has 0 heterocycles. The van der Waals surface area contributed by atoms with E-state index in [2.05, 4.69) is 0 Å². The fraction of sp³-hybridized carbons (Fsp3) is 0. The molecule has 0 N–H and O–H groups in total. The summed E-state index contributed by atoms with van der Waals surface area (Å²) in [5.74, 6) is -0.0878. The maximum atomic E-state index is 12.2. The second-order valence-electron chi connectivity index (χ2n) is 3.69. The van der Waals surface area contributed by atoms with Crippen LogP contribution >= 0.6 is 46.4 Å². The molecule has 0 saturated heterocycles. The second kappa shape index (κ2) is 6.00. The molecule has 106 valence electrons. The van der Waals surface area contributed by atoms with Gasteiger partial charge >= 0.3 is 10.1 Å². The van der Waals surface area contributed by atoms with Gasteiger partial charge in [0, 0.05) is 16.1 Å². The van der Waals surface area contributed by atoms with Crippen molar-refractivity contribution in [3.8, 4) is 5.75 Å². The fourth-order valence-corrected chi connectivity index (χ4v) is 3.42. The van der Waals surface area contributed by atoms with E-state index in [-0.39, 0.29) is 30.7 Å². The molecule has 0 radical (unpaired) electrons. The Kier molecular flexibility index (Phi) is 4.72. The normalized spacial score (nSPS) is 11.4. The van der Waals surface area contributed by atoms with Crippen LogP contribution in [0, 0.1) is 0 Å². The Morgan fingerprint density at radius 3 is 2.00 bits per heavy atom. The summed E-state index contributed by atoms with van der Waals surface area (Å²) in [6.07, 6.45) is 0. The number of halogens is 4. The SMILES string of the molecule is O=S(=O)(Oc1cc(Cl)ccc1Cl)c1cc(Cl)ccc1Cl. The molecule has 2 aromatic rings. The lowest BCUT2D eigenvalue weighted by molar-refractivity contribution is 0.486. The van der Waals surface area contributed by atoms with E-state index in [4.69, 9.17) is 50.6 Å². The van der Waals surface area contributed by atoms with Crippen molar-refractivity contribution in [3.05, 3.63) is 56.5 Å². The standard InChI is InChI=1S/C12H6Cl4O3S/c13-7-1-3-9(15)11(5-7)19-20(17,18)12-6-8(14)2-4-10(12)16/h1-6H. The molecule has 0 unspecified atom stereocenters. The lowest BCUT2D eigenvalue weighted by Gasteiger charge is -2.10. The Labute approximate surface area is 136 Å². The number of hydrogen-bond acceptors (Lipinski definition) is 3. The smallest absolute Gasteiger partial charge is 0.340 e. The van der Waals surface area contributed by atoms with E-state index in [9.17, 15) is 8.42 Å². The van der Waals surface area contributed by atoms with E-state index >= 15 is 0 Å². The molecule has 0 aromatic heterocycles. The van der Waals surface area contributed by atoms with Gasteiger partial charge in [0.25, 0.3) is 0 Å². The van der Waals surface area contributed by atoms with Crippen molar-refractivity contribution in [2.24, 2.45) is 0 Å². The fourth-order valence-electron chi connectivity index (χ4n) is 1.37. The Morgan fingerprint density at radius 1 is 0.800 bits per heavy atom. The van der Waals surface area contributed by atoms with Crippen molar-refractivity contribution in [3.63, 3.8) is 0 Å². The summed E-state index contributed by atoms with van der Waals surface area (Å²) in [5.41, 5.74) is 0. The Balaban J connectivity index is 2.46. The van der Waals surface area contributed by atoms with Crippen molar-refractivity contribution in [1.29, 1.82) is 0 Å². The maximum absolute atomic E-state index is 12.2. The van der Waals surface area contributed by atoms with Gasteiger partial charge in [-0.15, -0.1) is 0 Å². The highest BCUT2D eigenvalue weighted by molar-refractivity contribution is 7.87. The van der Waals surface area contributed by atoms with Crippen molar-refractivity contribution in [2.45, 2.75) is 4.90 Å². The van der Waals surface area contributed by atoms with Gasteiger partial charge in [0.1, 0.15) is 4.90 Å². The Bertz CT molecular complexity index is 759. The molecular formula is C12H6Cl4O3S. The van der Waals surface area contributed by atoms with Crippen LogP contribution < -0.4 is 4.18 Å². The van der Waals surface area contributed by atoms with Gasteiger partial charge < -0.3 is 4.18 Å². The van der Waals surface area contributed by atoms with Gasteiger partial charge in [0.2, 0.25) is 0 Å². The topological polar surface area (TPSA) is 43.4 Å². The molecule has 0 aliphatic carbocycles. The van der Waals surface area contributed by atoms with Crippen molar-refractivity contribution in [2.75, 3.05) is 0 Å². The third-order valence-electron chi connectivity index (χ3n) is 2.26. The van der Waals surface area contributed by atoms with Gasteiger partial charge in [-0.2, -0.15) is 8.42 Å². The minimum Gasteiger partial charge on any atom is -0.377 e. The minimum atomic E-state index is -4.17. The maximum Gasteiger partial charge on any atom is 0.340 e. The van der Waals surface area contributed by atoms with E-state index in [0.717, 1.165) is 0 Å². The highest BCUT2D eigenvalue weighted by Gasteiger charge is 2.22. The van der Waals surface area contributed by atoms with Crippen molar-refractivity contribution < 1.29 is 12.6 Å². The predicted molar refractivity (Wildman–Crippen MR) is 80.7 cm³/mol. The van der Waals surface area contributed by atoms with Crippen LogP contribution in [0.25, 0.3) is 0 Å². The largest absolute Gasteiger partial charge is 0.377 e. The molecule has 2 rings (SSSR count). The van der Waals surface area contributed by atoms with Crippen molar-refractivity contribution in [1.82, 2.24) is 0 Å². The van der Waals surface area contributed by atoms with Gasteiger partial charge in [-0.05, 0) is 30.3 Å². The van der Waals surface area contributed by atoms with Crippen LogP contribution in [-0.2, 0) is 10.1 Å². The minimum absolute atomic E-state index is 0.00690. The summed E-state index contributed by atoms with van der Waals surface area (Å²) in [6, 6.07) is 8.25. The van der Waals surface area contributed by atoms with Crippen LogP contribution in [0.4, 0.5) is 0 Å². The molecule has 8 heteroatoms. The summed E-state index contributed by atoms with van der Waals surface area (Å²) < 4.78 is 29.3. The van der Waals surface area contributed by atoms with Crippen LogP contribution in [0.5, 0.6) is 5.75 Å². The molecule has 3 nitrogen and oxygen atoms in total. The zero-order valence-electron chi connectivity index (χ0n) is 9.61. The first kappa shape index (κ1) is 15.7. The molecule has 2 aromatic carbocycles. The summed E-state index contributed by atoms with van der Waals surface area (Å²) >= 11 is 23.2. The van der Waals surface area contributed by atoms with Gasteiger partial charge in [0.15, 0.2) is 5.75 Å². The number of rotatable bonds is 3. The van der Waals surface area contributed by atoms with Gasteiger partial charge in [0.05, 0.1) is 10.0 Å². The molecule has 0 amide bonds. The third kappa shape index (κ3) is 3.51. The van der Waals surface area contributed by atoms with Crippen LogP contribution in [0.15, 0.2) is 41.3 Å². The highest BCUT2D eigenvalue weighted by atomic mass is 35.5. The number of benzene rings is 2. The van der Waals surface area contributed by atoms with E-state index in [1.165, 1.54) is 36.4 Å². The Morgan fingerprint density at radius 2 is 1.35 bits per heavy atom. The summed E-state index contributed by atoms with van der Waals surface area (Å²) in [5, 5.41) is 0.606. The first-order chi connectivity index (χ1) is 9.29. The summed E-state index contributed by atoms with van der Waals surface area (Å²) in [4.78, 5) is -0.247. The number of hydrogen-bond donors (Lipinski definition) is 0. The monoisotopic (exact) mass is 370 g/mol. The lowest BCUT2D eigenvalue weighted by Crippen LogP contribution is -2.10. The van der Waals surface area contributed by atoms with E-state index in [1.54, 1.807) is 0 Å². The highest BCUT2D eigenvalue weighted by Crippen LogP contribution is 2.32. The summed E-state index contributed by atoms with van der Waals surface area (Å²) in [6.45, 7) is 0. The molecule has 0 bridgehead atoms. The van der Waals surface area contributed by atoms with Crippen LogP contribution in [0.1, 0.15) is 0 Å². The zero-order valence-corrected chi connectivity index (χ0v) is 13.4. The molecular weight excluding hydrogens is 366 g/mol. The first-order valence-corrected chi connectivity index (χ1v) is 8.06. The van der Waals surface area contributed by atoms with E-state index < -0.39 is 10.1 Å². The molecule has 0 fully saturated rings. The molecule has 0 atom stereocenters. The third-order valence-corrected chi connectivity index (χ3v) is 4.75. The van der Waals surface area contributed by atoms with Crippen molar-refractivity contribution >= 4 is 56.5 Å². The van der Waals surface area contributed by atoms with E-state index in [1.807, 2.05) is 0 Å². The Hall–Kier alpha value is -0.650. The van der Waals surface area contributed by atoms with Crippen LogP contribution in [0.2, 0.25) is 20.1 Å². The molecule has 0 aliphatic heterocycles. The van der Waals surface area contributed by atoms with Gasteiger partial charge in [-0.25, -0.2) is 0 Å². The lowest BCUT2D eigenvalue weighted by atomic mass is 10.3. The first-order valence-electron chi connectivity index (χ1n) is 5.14. The molecule has 0 saturated carbocycles. The quantitative estimate of drug-likeness (QED) is 0.707. The molecule has 0 aliphatic rings. The van der Waals surface area contributed by atoms with Gasteiger partial charge in [-0.3, -0.25) is 0 Å². The zero-order chi connectivity index (χ0) is 14.9. The average Bonchev–Trinajstić information content (AvgIpc) is 2.36. The molecule has 0 spiro atoms. The van der Waals surface area contributed by atoms with Gasteiger partial charge in [-0.1, -0.05) is 46.4 Å². The van der Waals surface area contributed by atoms with Crippen LogP contribution in [0.3, 0.4) is 0 Å². The average molecular weight is 372 g/mol. The molecule has 20 heavy (non-hydrogen) atoms. The predicted octanol–water partition coefficient (Wildman–Crippen LogP) is 5.07. The summed E-state index contributed by atoms with van der Waals surface area (Å²) in [7, 11) is -4.17. The second-order valence-corrected chi connectivity index (χ2v) is 6.89.